The first-order chi connectivity index (χ1) is 7.74. The molecular formula is C12H21N3S. The molecule has 0 spiro atoms. The van der Waals surface area contributed by atoms with Crippen molar-refractivity contribution in [1.82, 2.24) is 15.2 Å². The van der Waals surface area contributed by atoms with Crippen LogP contribution in [0.15, 0.2) is 5.38 Å². The summed E-state index contributed by atoms with van der Waals surface area (Å²) in [5.74, 6) is 0. The van der Waals surface area contributed by atoms with Crippen LogP contribution in [0.4, 0.5) is 0 Å². The second kappa shape index (κ2) is 5.75. The van der Waals surface area contributed by atoms with Crippen molar-refractivity contribution < 1.29 is 0 Å². The highest BCUT2D eigenvalue weighted by Gasteiger charge is 2.15. The van der Waals surface area contributed by atoms with E-state index in [2.05, 4.69) is 34.6 Å². The summed E-state index contributed by atoms with van der Waals surface area (Å²) >= 11 is 1.75. The zero-order valence-electron chi connectivity index (χ0n) is 10.2. The van der Waals surface area contributed by atoms with Gasteiger partial charge in [-0.05, 0) is 39.9 Å². The lowest BCUT2D eigenvalue weighted by molar-refractivity contribution is 0.235. The number of aromatic nitrogens is 1. The van der Waals surface area contributed by atoms with Crippen molar-refractivity contribution in [3.8, 4) is 0 Å². The molecule has 1 N–H and O–H groups in total. The van der Waals surface area contributed by atoms with E-state index in [-0.39, 0.29) is 0 Å². The monoisotopic (exact) mass is 239 g/mol. The van der Waals surface area contributed by atoms with Gasteiger partial charge in [0.1, 0.15) is 0 Å². The van der Waals surface area contributed by atoms with Crippen molar-refractivity contribution in [3.05, 3.63) is 16.1 Å². The Kier molecular flexibility index (Phi) is 4.32. The van der Waals surface area contributed by atoms with E-state index in [4.69, 9.17) is 0 Å². The quantitative estimate of drug-likeness (QED) is 0.866. The van der Waals surface area contributed by atoms with E-state index >= 15 is 0 Å². The van der Waals surface area contributed by atoms with E-state index in [9.17, 15) is 0 Å². The molecule has 90 valence electrons. The van der Waals surface area contributed by atoms with Gasteiger partial charge in [-0.25, -0.2) is 4.98 Å². The average molecular weight is 239 g/mol. The fourth-order valence-corrected chi connectivity index (χ4v) is 2.79. The maximum atomic E-state index is 4.48. The highest BCUT2D eigenvalue weighted by atomic mass is 32.1. The molecule has 0 aromatic carbocycles. The van der Waals surface area contributed by atoms with Crippen molar-refractivity contribution in [2.24, 2.45) is 0 Å². The molecule has 0 saturated carbocycles. The maximum Gasteiger partial charge on any atom is 0.0897 e. The standard InChI is InChI=1S/C12H21N3S/c1-10-14-12(9-16-10)3-6-13-11-4-7-15(2)8-5-11/h9,11,13H,3-8H2,1-2H3. The lowest BCUT2D eigenvalue weighted by Crippen LogP contribution is -2.41. The smallest absolute Gasteiger partial charge is 0.0897 e. The van der Waals surface area contributed by atoms with E-state index in [1.165, 1.54) is 36.6 Å². The first-order valence-electron chi connectivity index (χ1n) is 6.07. The third kappa shape index (κ3) is 3.54. The minimum absolute atomic E-state index is 0.718. The summed E-state index contributed by atoms with van der Waals surface area (Å²) in [6.45, 7) is 5.59. The number of likely N-dealkylation sites (tertiary alicyclic amines) is 1. The molecule has 1 aromatic rings. The normalized spacial score (nSPS) is 19.1. The lowest BCUT2D eigenvalue weighted by Gasteiger charge is -2.29. The molecule has 1 aliphatic rings. The maximum absolute atomic E-state index is 4.48. The van der Waals surface area contributed by atoms with Gasteiger partial charge in [0, 0.05) is 24.4 Å². The number of nitrogens with one attached hydrogen (secondary N) is 1. The van der Waals surface area contributed by atoms with E-state index in [1.807, 2.05) is 0 Å². The van der Waals surface area contributed by atoms with Crippen LogP contribution in [0, 0.1) is 6.92 Å². The zero-order valence-corrected chi connectivity index (χ0v) is 11.0. The molecule has 0 unspecified atom stereocenters. The fraction of sp³-hybridized carbons (Fsp3) is 0.750. The molecular weight excluding hydrogens is 218 g/mol. The van der Waals surface area contributed by atoms with Crippen LogP contribution in [0.25, 0.3) is 0 Å². The second-order valence-electron chi connectivity index (χ2n) is 4.64. The first kappa shape index (κ1) is 12.0. The summed E-state index contributed by atoms with van der Waals surface area (Å²) in [7, 11) is 2.20. The molecule has 2 rings (SSSR count). The number of piperidine rings is 1. The van der Waals surface area contributed by atoms with Crippen molar-refractivity contribution in [3.63, 3.8) is 0 Å². The van der Waals surface area contributed by atoms with Crippen molar-refractivity contribution in [2.45, 2.75) is 32.2 Å². The molecule has 3 nitrogen and oxygen atoms in total. The van der Waals surface area contributed by atoms with Gasteiger partial charge >= 0.3 is 0 Å². The molecule has 2 heterocycles. The Balaban J connectivity index is 1.64. The Hall–Kier alpha value is -0.450. The molecule has 1 aliphatic heterocycles. The molecule has 1 saturated heterocycles. The molecule has 0 atom stereocenters. The van der Waals surface area contributed by atoms with Gasteiger partial charge in [0.15, 0.2) is 0 Å². The summed E-state index contributed by atoms with van der Waals surface area (Å²) in [5, 5.41) is 6.99. The number of nitrogens with zero attached hydrogens (tertiary/aromatic N) is 2. The summed E-state index contributed by atoms with van der Waals surface area (Å²) in [6, 6.07) is 0.718. The highest BCUT2D eigenvalue weighted by molar-refractivity contribution is 7.09. The van der Waals surface area contributed by atoms with Gasteiger partial charge in [0.25, 0.3) is 0 Å². The van der Waals surface area contributed by atoms with Crippen LogP contribution < -0.4 is 5.32 Å². The van der Waals surface area contributed by atoms with Gasteiger partial charge in [-0.2, -0.15) is 0 Å². The van der Waals surface area contributed by atoms with Crippen molar-refractivity contribution >= 4 is 11.3 Å². The average Bonchev–Trinajstić information content (AvgIpc) is 2.67. The van der Waals surface area contributed by atoms with Gasteiger partial charge in [-0.3, -0.25) is 0 Å². The van der Waals surface area contributed by atoms with Gasteiger partial charge in [0.2, 0.25) is 0 Å². The van der Waals surface area contributed by atoms with Crippen LogP contribution in [0.3, 0.4) is 0 Å². The first-order valence-corrected chi connectivity index (χ1v) is 6.95. The Labute approximate surface area is 102 Å². The fourth-order valence-electron chi connectivity index (χ4n) is 2.14. The Bertz CT molecular complexity index is 316. The molecule has 1 aromatic heterocycles. The van der Waals surface area contributed by atoms with Gasteiger partial charge in [-0.15, -0.1) is 11.3 Å². The number of hydrogen-bond acceptors (Lipinski definition) is 4. The van der Waals surface area contributed by atoms with Crippen LogP contribution in [0.1, 0.15) is 23.5 Å². The Morgan fingerprint density at radius 1 is 1.50 bits per heavy atom. The highest BCUT2D eigenvalue weighted by Crippen LogP contribution is 2.10. The molecule has 0 bridgehead atoms. The predicted octanol–water partition coefficient (Wildman–Crippen LogP) is 1.68. The third-order valence-electron chi connectivity index (χ3n) is 3.20. The summed E-state index contributed by atoms with van der Waals surface area (Å²) in [4.78, 5) is 6.88. The van der Waals surface area contributed by atoms with Crippen molar-refractivity contribution in [1.29, 1.82) is 0 Å². The van der Waals surface area contributed by atoms with E-state index in [0.717, 1.165) is 19.0 Å². The van der Waals surface area contributed by atoms with Crippen LogP contribution in [0.5, 0.6) is 0 Å². The second-order valence-corrected chi connectivity index (χ2v) is 5.70. The van der Waals surface area contributed by atoms with Crippen LogP contribution in [-0.2, 0) is 6.42 Å². The Morgan fingerprint density at radius 3 is 2.88 bits per heavy atom. The van der Waals surface area contributed by atoms with Gasteiger partial charge < -0.3 is 10.2 Å². The topological polar surface area (TPSA) is 28.2 Å². The van der Waals surface area contributed by atoms with Gasteiger partial charge in [0.05, 0.1) is 10.7 Å². The van der Waals surface area contributed by atoms with Gasteiger partial charge in [-0.1, -0.05) is 0 Å². The zero-order chi connectivity index (χ0) is 11.4. The number of aryl methyl sites for hydroxylation is 1. The number of rotatable bonds is 4. The molecule has 16 heavy (non-hydrogen) atoms. The lowest BCUT2D eigenvalue weighted by atomic mass is 10.1. The predicted molar refractivity (Wildman–Crippen MR) is 69.1 cm³/mol. The molecule has 1 fully saturated rings. The van der Waals surface area contributed by atoms with E-state index in [0.29, 0.717) is 0 Å². The summed E-state index contributed by atoms with van der Waals surface area (Å²) in [6.07, 6.45) is 3.63. The minimum atomic E-state index is 0.718. The molecule has 4 heteroatoms. The largest absolute Gasteiger partial charge is 0.313 e. The SMILES string of the molecule is Cc1nc(CCNC2CCN(C)CC2)cs1. The third-order valence-corrected chi connectivity index (χ3v) is 4.02. The van der Waals surface area contributed by atoms with Crippen LogP contribution in [0.2, 0.25) is 0 Å². The van der Waals surface area contributed by atoms with Crippen LogP contribution in [-0.4, -0.2) is 42.6 Å². The van der Waals surface area contributed by atoms with Crippen LogP contribution >= 0.6 is 11.3 Å². The van der Waals surface area contributed by atoms with Crippen molar-refractivity contribution in [2.75, 3.05) is 26.7 Å². The minimum Gasteiger partial charge on any atom is -0.313 e. The molecule has 0 radical (unpaired) electrons. The summed E-state index contributed by atoms with van der Waals surface area (Å²) in [5.41, 5.74) is 1.24. The molecule has 0 amide bonds. The number of hydrogen-bond donors (Lipinski definition) is 1. The Morgan fingerprint density at radius 2 is 2.25 bits per heavy atom. The van der Waals surface area contributed by atoms with E-state index in [1.54, 1.807) is 11.3 Å². The molecule has 0 aliphatic carbocycles. The number of thiazole rings is 1. The summed E-state index contributed by atoms with van der Waals surface area (Å²) < 4.78 is 0. The van der Waals surface area contributed by atoms with E-state index < -0.39 is 0 Å².